The molecule has 0 aliphatic carbocycles. The minimum atomic E-state index is 0.728. The first kappa shape index (κ1) is 8.55. The molecule has 0 atom stereocenters. The van der Waals surface area contributed by atoms with Crippen LogP contribution in [-0.4, -0.2) is 27.0 Å². The number of rotatable bonds is 2. The van der Waals surface area contributed by atoms with Gasteiger partial charge in [0.1, 0.15) is 12.1 Å². The van der Waals surface area contributed by atoms with E-state index in [9.17, 15) is 0 Å². The van der Waals surface area contributed by atoms with Crippen molar-refractivity contribution < 1.29 is 0 Å². The zero-order valence-electron chi connectivity index (χ0n) is 7.68. The summed E-state index contributed by atoms with van der Waals surface area (Å²) >= 11 is 0. The van der Waals surface area contributed by atoms with Gasteiger partial charge in [-0.1, -0.05) is 0 Å². The summed E-state index contributed by atoms with van der Waals surface area (Å²) < 4.78 is 0. The van der Waals surface area contributed by atoms with Crippen molar-refractivity contribution in [3.8, 4) is 11.3 Å². The Labute approximate surface area is 81.3 Å². The molecule has 14 heavy (non-hydrogen) atoms. The summed E-state index contributed by atoms with van der Waals surface area (Å²) in [5, 5.41) is 2.92. The molecule has 5 heteroatoms. The van der Waals surface area contributed by atoms with Crippen molar-refractivity contribution in [3.05, 3.63) is 31.1 Å². The van der Waals surface area contributed by atoms with E-state index >= 15 is 0 Å². The van der Waals surface area contributed by atoms with Crippen molar-refractivity contribution in [2.75, 3.05) is 12.4 Å². The van der Waals surface area contributed by atoms with E-state index in [0.717, 1.165) is 17.1 Å². The van der Waals surface area contributed by atoms with Crippen LogP contribution < -0.4 is 5.32 Å². The highest BCUT2D eigenvalue weighted by molar-refractivity contribution is 5.57. The highest BCUT2D eigenvalue weighted by Crippen LogP contribution is 2.14. The summed E-state index contributed by atoms with van der Waals surface area (Å²) in [4.78, 5) is 16.2. The van der Waals surface area contributed by atoms with Crippen molar-refractivity contribution in [3.63, 3.8) is 0 Å². The SMILES string of the molecule is CNc1cncc(-c2cncnc2)n1. The van der Waals surface area contributed by atoms with Gasteiger partial charge in [-0.05, 0) is 0 Å². The zero-order valence-corrected chi connectivity index (χ0v) is 7.68. The van der Waals surface area contributed by atoms with Crippen molar-refractivity contribution in [1.82, 2.24) is 19.9 Å². The van der Waals surface area contributed by atoms with Crippen LogP contribution in [0.1, 0.15) is 0 Å². The molecule has 0 aromatic carbocycles. The summed E-state index contributed by atoms with van der Waals surface area (Å²) in [7, 11) is 1.80. The molecule has 2 rings (SSSR count). The lowest BCUT2D eigenvalue weighted by atomic mass is 10.2. The second kappa shape index (κ2) is 3.78. The topological polar surface area (TPSA) is 63.6 Å². The quantitative estimate of drug-likeness (QED) is 0.759. The van der Waals surface area contributed by atoms with Crippen LogP contribution in [0.4, 0.5) is 5.82 Å². The summed E-state index contributed by atoms with van der Waals surface area (Å²) in [6.45, 7) is 0. The molecule has 0 spiro atoms. The molecule has 0 radical (unpaired) electrons. The maximum absolute atomic E-state index is 4.31. The fraction of sp³-hybridized carbons (Fsp3) is 0.111. The zero-order chi connectivity index (χ0) is 9.80. The molecule has 0 bridgehead atoms. The second-order valence-electron chi connectivity index (χ2n) is 2.67. The lowest BCUT2D eigenvalue weighted by Gasteiger charge is -2.01. The van der Waals surface area contributed by atoms with Gasteiger partial charge in [0.2, 0.25) is 0 Å². The standard InChI is InChI=1S/C9H9N5/c1-10-9-5-11-4-8(14-9)7-2-12-6-13-3-7/h2-6H,1H3,(H,10,14). The van der Waals surface area contributed by atoms with Gasteiger partial charge in [-0.15, -0.1) is 0 Å². The summed E-state index contributed by atoms with van der Waals surface area (Å²) in [6.07, 6.45) is 8.23. The predicted molar refractivity (Wildman–Crippen MR) is 52.6 cm³/mol. The van der Waals surface area contributed by atoms with Crippen LogP contribution in [-0.2, 0) is 0 Å². The Morgan fingerprint density at radius 3 is 2.50 bits per heavy atom. The van der Waals surface area contributed by atoms with Crippen LogP contribution in [0.25, 0.3) is 11.3 Å². The minimum Gasteiger partial charge on any atom is -0.372 e. The van der Waals surface area contributed by atoms with Gasteiger partial charge in [0.25, 0.3) is 0 Å². The summed E-state index contributed by atoms with van der Waals surface area (Å²) in [5.41, 5.74) is 1.62. The molecular formula is C9H9N5. The van der Waals surface area contributed by atoms with Gasteiger partial charge in [-0.25, -0.2) is 15.0 Å². The Kier molecular flexibility index (Phi) is 2.31. The highest BCUT2D eigenvalue weighted by Gasteiger charge is 2.00. The van der Waals surface area contributed by atoms with Crippen LogP contribution in [0, 0.1) is 0 Å². The fourth-order valence-corrected chi connectivity index (χ4v) is 1.06. The van der Waals surface area contributed by atoms with Crippen molar-refractivity contribution in [2.24, 2.45) is 0 Å². The normalized spacial score (nSPS) is 9.79. The number of hydrogen-bond donors (Lipinski definition) is 1. The Hall–Kier alpha value is -2.04. The lowest BCUT2D eigenvalue weighted by molar-refractivity contribution is 1.14. The van der Waals surface area contributed by atoms with E-state index in [1.165, 1.54) is 6.33 Å². The smallest absolute Gasteiger partial charge is 0.144 e. The first-order chi connectivity index (χ1) is 6.90. The van der Waals surface area contributed by atoms with Gasteiger partial charge in [0.05, 0.1) is 18.1 Å². The third-order valence-electron chi connectivity index (χ3n) is 1.75. The number of aromatic nitrogens is 4. The number of nitrogens with zero attached hydrogens (tertiary/aromatic N) is 4. The van der Waals surface area contributed by atoms with E-state index < -0.39 is 0 Å². The first-order valence-corrected chi connectivity index (χ1v) is 4.15. The van der Waals surface area contributed by atoms with Crippen molar-refractivity contribution in [2.45, 2.75) is 0 Å². The molecule has 1 N–H and O–H groups in total. The van der Waals surface area contributed by atoms with Gasteiger partial charge in [-0.3, -0.25) is 4.98 Å². The van der Waals surface area contributed by atoms with Gasteiger partial charge >= 0.3 is 0 Å². The molecule has 5 nitrogen and oxygen atoms in total. The molecule has 2 aromatic heterocycles. The van der Waals surface area contributed by atoms with Crippen LogP contribution in [0.15, 0.2) is 31.1 Å². The van der Waals surface area contributed by atoms with Crippen LogP contribution >= 0.6 is 0 Å². The van der Waals surface area contributed by atoms with E-state index in [2.05, 4.69) is 25.3 Å². The van der Waals surface area contributed by atoms with Gasteiger partial charge in [0, 0.05) is 25.0 Å². The average Bonchev–Trinajstić information content (AvgIpc) is 2.30. The second-order valence-corrected chi connectivity index (χ2v) is 2.67. The lowest BCUT2D eigenvalue weighted by Crippen LogP contribution is -1.95. The van der Waals surface area contributed by atoms with E-state index in [0.29, 0.717) is 0 Å². The molecule has 70 valence electrons. The molecule has 0 saturated carbocycles. The Bertz CT molecular complexity index is 415. The maximum atomic E-state index is 4.31. The third kappa shape index (κ3) is 1.66. The monoisotopic (exact) mass is 187 g/mol. The summed E-state index contributed by atoms with van der Waals surface area (Å²) in [5.74, 6) is 0.728. The molecule has 0 amide bonds. The fourth-order valence-electron chi connectivity index (χ4n) is 1.06. The molecule has 0 unspecified atom stereocenters. The molecule has 2 heterocycles. The molecule has 2 aromatic rings. The highest BCUT2D eigenvalue weighted by atomic mass is 15.0. The van der Waals surface area contributed by atoms with Crippen LogP contribution in [0.2, 0.25) is 0 Å². The van der Waals surface area contributed by atoms with E-state index in [1.807, 2.05) is 0 Å². The van der Waals surface area contributed by atoms with Crippen molar-refractivity contribution in [1.29, 1.82) is 0 Å². The van der Waals surface area contributed by atoms with Gasteiger partial charge in [-0.2, -0.15) is 0 Å². The molecule has 0 aliphatic rings. The predicted octanol–water partition coefficient (Wildman–Crippen LogP) is 0.975. The average molecular weight is 187 g/mol. The number of nitrogens with one attached hydrogen (secondary N) is 1. The molecule has 0 fully saturated rings. The molecule has 0 saturated heterocycles. The minimum absolute atomic E-state index is 0.728. The largest absolute Gasteiger partial charge is 0.372 e. The van der Waals surface area contributed by atoms with Crippen LogP contribution in [0.3, 0.4) is 0 Å². The summed E-state index contributed by atoms with van der Waals surface area (Å²) in [6, 6.07) is 0. The Morgan fingerprint density at radius 2 is 1.79 bits per heavy atom. The van der Waals surface area contributed by atoms with E-state index in [4.69, 9.17) is 0 Å². The number of hydrogen-bond acceptors (Lipinski definition) is 5. The van der Waals surface area contributed by atoms with Gasteiger partial charge in [0.15, 0.2) is 0 Å². The number of anilines is 1. The molecular weight excluding hydrogens is 178 g/mol. The van der Waals surface area contributed by atoms with E-state index in [-0.39, 0.29) is 0 Å². The van der Waals surface area contributed by atoms with E-state index in [1.54, 1.807) is 31.8 Å². The van der Waals surface area contributed by atoms with Gasteiger partial charge < -0.3 is 5.32 Å². The molecule has 0 aliphatic heterocycles. The van der Waals surface area contributed by atoms with Crippen molar-refractivity contribution >= 4 is 5.82 Å². The van der Waals surface area contributed by atoms with Crippen LogP contribution in [0.5, 0.6) is 0 Å². The maximum Gasteiger partial charge on any atom is 0.144 e. The Morgan fingerprint density at radius 1 is 1.00 bits per heavy atom. The first-order valence-electron chi connectivity index (χ1n) is 4.15. The third-order valence-corrected chi connectivity index (χ3v) is 1.75. The Balaban J connectivity index is 2.42.